The third-order valence-corrected chi connectivity index (χ3v) is 6.25. The van der Waals surface area contributed by atoms with Crippen LogP contribution in [0.25, 0.3) is 33.3 Å². The van der Waals surface area contributed by atoms with E-state index in [1.165, 1.54) is 19.4 Å². The number of hydrogen-bond donors (Lipinski definition) is 2. The number of benzene rings is 4. The zero-order valence-electron chi connectivity index (χ0n) is 20.5. The van der Waals surface area contributed by atoms with Gasteiger partial charge < -0.3 is 14.4 Å². The van der Waals surface area contributed by atoms with Crippen molar-refractivity contribution in [3.63, 3.8) is 0 Å². The van der Waals surface area contributed by atoms with E-state index in [1.54, 1.807) is 12.1 Å². The van der Waals surface area contributed by atoms with Gasteiger partial charge in [-0.2, -0.15) is 5.10 Å². The van der Waals surface area contributed by atoms with Crippen LogP contribution in [0.15, 0.2) is 108 Å². The van der Waals surface area contributed by atoms with Crippen molar-refractivity contribution in [1.82, 2.24) is 9.99 Å². The molecule has 6 nitrogen and oxygen atoms in total. The van der Waals surface area contributed by atoms with Gasteiger partial charge in [-0.3, -0.25) is 4.79 Å². The molecule has 0 spiro atoms. The third kappa shape index (κ3) is 5.09. The van der Waals surface area contributed by atoms with Crippen LogP contribution in [0, 0.1) is 0 Å². The van der Waals surface area contributed by atoms with Gasteiger partial charge in [0.2, 0.25) is 5.91 Å². The molecule has 5 rings (SSSR count). The number of nitrogens with one attached hydrogen (secondary N) is 1. The van der Waals surface area contributed by atoms with Crippen molar-refractivity contribution in [1.29, 1.82) is 0 Å². The van der Waals surface area contributed by atoms with Crippen molar-refractivity contribution in [3.05, 3.63) is 109 Å². The Morgan fingerprint density at radius 1 is 0.919 bits per heavy atom. The second kappa shape index (κ2) is 10.8. The van der Waals surface area contributed by atoms with E-state index in [1.807, 2.05) is 48.5 Å². The van der Waals surface area contributed by atoms with Crippen LogP contribution < -0.4 is 10.2 Å². The Hall–Kier alpha value is -4.84. The molecule has 0 aliphatic heterocycles. The Morgan fingerprint density at radius 3 is 2.32 bits per heavy atom. The number of amides is 1. The van der Waals surface area contributed by atoms with Crippen LogP contribution in [0.1, 0.15) is 12.0 Å². The fourth-order valence-corrected chi connectivity index (χ4v) is 4.55. The summed E-state index contributed by atoms with van der Waals surface area (Å²) in [6.07, 6.45) is 1.77. The standard InChI is InChI=1S/C31H27N3O3/c1-37-28-20-22(16-17-27(28)35)21-32-33-29(36)18-19-34-26-15-9-8-14-25(26)30(23-10-4-2-5-11-23)31(34)24-12-6-3-7-13-24/h2-17,20-21,35H,18-19H2,1H3,(H,33,36). The number of ether oxygens (including phenoxy) is 1. The predicted octanol–water partition coefficient (Wildman–Crippen LogP) is 6.23. The number of phenols is 1. The highest BCUT2D eigenvalue weighted by molar-refractivity contribution is 6.04. The van der Waals surface area contributed by atoms with Crippen molar-refractivity contribution < 1.29 is 14.6 Å². The average molecular weight is 490 g/mol. The van der Waals surface area contributed by atoms with Gasteiger partial charge in [0, 0.05) is 29.4 Å². The second-order valence-corrected chi connectivity index (χ2v) is 8.60. The summed E-state index contributed by atoms with van der Waals surface area (Å²) in [7, 11) is 1.48. The van der Waals surface area contributed by atoms with Crippen molar-refractivity contribution in [3.8, 4) is 33.9 Å². The van der Waals surface area contributed by atoms with Crippen LogP contribution in [-0.2, 0) is 11.3 Å². The van der Waals surface area contributed by atoms with Crippen LogP contribution in [-0.4, -0.2) is 28.9 Å². The number of aryl methyl sites for hydroxylation is 1. The van der Waals surface area contributed by atoms with E-state index in [2.05, 4.69) is 51.5 Å². The number of aromatic nitrogens is 1. The molecular formula is C31H27N3O3. The lowest BCUT2D eigenvalue weighted by molar-refractivity contribution is -0.121. The van der Waals surface area contributed by atoms with Gasteiger partial charge in [0.05, 0.1) is 19.0 Å². The van der Waals surface area contributed by atoms with E-state index in [0.717, 1.165) is 33.3 Å². The number of hydrazone groups is 1. The molecule has 1 heterocycles. The summed E-state index contributed by atoms with van der Waals surface area (Å²) in [4.78, 5) is 12.7. The zero-order chi connectivity index (χ0) is 25.6. The molecule has 1 aromatic heterocycles. The first kappa shape index (κ1) is 23.9. The lowest BCUT2D eigenvalue weighted by atomic mass is 9.98. The lowest BCUT2D eigenvalue weighted by Gasteiger charge is -2.13. The Kier molecular flexibility index (Phi) is 6.99. The maximum absolute atomic E-state index is 12.7. The number of para-hydroxylation sites is 1. The lowest BCUT2D eigenvalue weighted by Crippen LogP contribution is -2.19. The molecule has 1 amide bonds. The summed E-state index contributed by atoms with van der Waals surface area (Å²) in [6.45, 7) is 0.492. The van der Waals surface area contributed by atoms with E-state index < -0.39 is 0 Å². The van der Waals surface area contributed by atoms with Gasteiger partial charge >= 0.3 is 0 Å². The van der Waals surface area contributed by atoms with Crippen LogP contribution in [0.3, 0.4) is 0 Å². The number of fused-ring (bicyclic) bond motifs is 1. The van der Waals surface area contributed by atoms with Gasteiger partial charge in [0.15, 0.2) is 11.5 Å². The SMILES string of the molecule is COc1cc(C=NNC(=O)CCn2c(-c3ccccc3)c(-c3ccccc3)c3ccccc32)ccc1O. The first-order valence-corrected chi connectivity index (χ1v) is 12.1. The maximum Gasteiger partial charge on any atom is 0.241 e. The summed E-state index contributed by atoms with van der Waals surface area (Å²) < 4.78 is 7.34. The zero-order valence-corrected chi connectivity index (χ0v) is 20.5. The second-order valence-electron chi connectivity index (χ2n) is 8.60. The molecule has 0 radical (unpaired) electrons. The molecular weight excluding hydrogens is 462 g/mol. The first-order valence-electron chi connectivity index (χ1n) is 12.1. The minimum atomic E-state index is -0.194. The van der Waals surface area contributed by atoms with E-state index in [-0.39, 0.29) is 18.1 Å². The van der Waals surface area contributed by atoms with Crippen LogP contribution >= 0.6 is 0 Å². The molecule has 0 aliphatic rings. The number of carbonyl (C=O) groups is 1. The summed E-state index contributed by atoms with van der Waals surface area (Å²) in [5.74, 6) is 0.198. The number of nitrogens with zero attached hydrogens (tertiary/aromatic N) is 2. The van der Waals surface area contributed by atoms with Crippen molar-refractivity contribution in [2.75, 3.05) is 7.11 Å². The number of hydrogen-bond acceptors (Lipinski definition) is 4. The molecule has 5 aromatic rings. The first-order chi connectivity index (χ1) is 18.2. The number of carbonyl (C=O) groups excluding carboxylic acids is 1. The quantitative estimate of drug-likeness (QED) is 0.200. The van der Waals surface area contributed by atoms with Crippen molar-refractivity contribution in [2.45, 2.75) is 13.0 Å². The Bertz CT molecular complexity index is 1560. The normalized spacial score (nSPS) is 11.2. The molecule has 0 bridgehead atoms. The molecule has 0 aliphatic carbocycles. The average Bonchev–Trinajstić information content (AvgIpc) is 3.28. The number of methoxy groups -OCH3 is 1. The smallest absolute Gasteiger partial charge is 0.241 e. The predicted molar refractivity (Wildman–Crippen MR) is 148 cm³/mol. The Balaban J connectivity index is 1.44. The highest BCUT2D eigenvalue weighted by Crippen LogP contribution is 2.41. The van der Waals surface area contributed by atoms with Gasteiger partial charge in [-0.15, -0.1) is 0 Å². The molecule has 37 heavy (non-hydrogen) atoms. The Morgan fingerprint density at radius 2 is 1.59 bits per heavy atom. The Labute approximate surface area is 215 Å². The fourth-order valence-electron chi connectivity index (χ4n) is 4.55. The third-order valence-electron chi connectivity index (χ3n) is 6.25. The van der Waals surface area contributed by atoms with Gasteiger partial charge in [-0.25, -0.2) is 5.43 Å². The van der Waals surface area contributed by atoms with Gasteiger partial charge in [-0.05, 0) is 41.0 Å². The number of rotatable bonds is 8. The summed E-state index contributed by atoms with van der Waals surface area (Å²) in [5, 5.41) is 15.0. The number of aromatic hydroxyl groups is 1. The maximum atomic E-state index is 12.7. The summed E-state index contributed by atoms with van der Waals surface area (Å²) >= 11 is 0. The van der Waals surface area contributed by atoms with Crippen LogP contribution in [0.5, 0.6) is 11.5 Å². The van der Waals surface area contributed by atoms with Gasteiger partial charge in [0.25, 0.3) is 0 Å². The fraction of sp³-hybridized carbons (Fsp3) is 0.0968. The summed E-state index contributed by atoms with van der Waals surface area (Å²) in [5.41, 5.74) is 8.86. The van der Waals surface area contributed by atoms with Crippen LogP contribution in [0.2, 0.25) is 0 Å². The minimum Gasteiger partial charge on any atom is -0.504 e. The molecule has 0 unspecified atom stereocenters. The van der Waals surface area contributed by atoms with E-state index in [9.17, 15) is 9.90 Å². The van der Waals surface area contributed by atoms with E-state index in [0.29, 0.717) is 17.9 Å². The topological polar surface area (TPSA) is 75.8 Å². The van der Waals surface area contributed by atoms with Gasteiger partial charge in [0.1, 0.15) is 0 Å². The monoisotopic (exact) mass is 489 g/mol. The molecule has 4 aromatic carbocycles. The number of phenolic OH excluding ortho intramolecular Hbond substituents is 1. The minimum absolute atomic E-state index is 0.0479. The molecule has 0 atom stereocenters. The largest absolute Gasteiger partial charge is 0.504 e. The van der Waals surface area contributed by atoms with E-state index >= 15 is 0 Å². The summed E-state index contributed by atoms with van der Waals surface area (Å²) in [6, 6.07) is 33.8. The highest BCUT2D eigenvalue weighted by atomic mass is 16.5. The van der Waals surface area contributed by atoms with Crippen molar-refractivity contribution in [2.24, 2.45) is 5.10 Å². The van der Waals surface area contributed by atoms with Gasteiger partial charge in [-0.1, -0.05) is 78.9 Å². The highest BCUT2D eigenvalue weighted by Gasteiger charge is 2.20. The molecule has 184 valence electrons. The molecule has 0 fully saturated rings. The molecule has 0 saturated carbocycles. The van der Waals surface area contributed by atoms with Crippen molar-refractivity contribution >= 4 is 23.0 Å². The van der Waals surface area contributed by atoms with Crippen LogP contribution in [0.4, 0.5) is 0 Å². The molecule has 0 saturated heterocycles. The molecule has 6 heteroatoms. The van der Waals surface area contributed by atoms with E-state index in [4.69, 9.17) is 4.74 Å². The molecule has 2 N–H and O–H groups in total.